The largest absolute Gasteiger partial charge is 0.265 e. The molecule has 0 aliphatic carbocycles. The van der Waals surface area contributed by atoms with Crippen molar-refractivity contribution in [2.45, 2.75) is 19.8 Å². The lowest BCUT2D eigenvalue weighted by Crippen LogP contribution is -1.90. The Morgan fingerprint density at radius 2 is 2.07 bits per heavy atom. The van der Waals surface area contributed by atoms with Crippen molar-refractivity contribution < 1.29 is 4.39 Å². The first kappa shape index (κ1) is 9.19. The summed E-state index contributed by atoms with van der Waals surface area (Å²) in [5, 5.41) is 4.44. The predicted molar refractivity (Wildman–Crippen MR) is 54.8 cm³/mol. The highest BCUT2D eigenvalue weighted by molar-refractivity contribution is 5.83. The van der Waals surface area contributed by atoms with E-state index < -0.39 is 0 Å². The number of hydrogen-bond acceptors (Lipinski definition) is 1. The molecule has 0 radical (unpaired) electrons. The Labute approximate surface area is 82.3 Å². The van der Waals surface area contributed by atoms with Gasteiger partial charge < -0.3 is 0 Å². The number of halogens is 1. The molecule has 0 amide bonds. The lowest BCUT2D eigenvalue weighted by atomic mass is 9.99. The molecular formula is C11H13FN2. The molecule has 0 saturated heterocycles. The van der Waals surface area contributed by atoms with Gasteiger partial charge in [0.2, 0.25) is 5.95 Å². The fraction of sp³-hybridized carbons (Fsp3) is 0.364. The van der Waals surface area contributed by atoms with E-state index in [1.807, 2.05) is 18.2 Å². The minimum Gasteiger partial charge on any atom is -0.265 e. The minimum absolute atomic E-state index is 0.317. The van der Waals surface area contributed by atoms with E-state index in [4.69, 9.17) is 0 Å². The molecule has 0 N–H and O–H groups in total. The molecule has 2 nitrogen and oxygen atoms in total. The van der Waals surface area contributed by atoms with E-state index in [0.29, 0.717) is 11.3 Å². The lowest BCUT2D eigenvalue weighted by molar-refractivity contribution is 0.561. The molecule has 14 heavy (non-hydrogen) atoms. The van der Waals surface area contributed by atoms with Gasteiger partial charge in [-0.1, -0.05) is 26.0 Å². The number of hydrogen-bond donors (Lipinski definition) is 0. The van der Waals surface area contributed by atoms with Gasteiger partial charge in [-0.3, -0.25) is 4.68 Å². The van der Waals surface area contributed by atoms with Gasteiger partial charge in [0.1, 0.15) is 0 Å². The molecule has 1 aromatic carbocycles. The van der Waals surface area contributed by atoms with Gasteiger partial charge in [0.15, 0.2) is 0 Å². The summed E-state index contributed by atoms with van der Waals surface area (Å²) in [6, 6.07) is 5.79. The zero-order valence-corrected chi connectivity index (χ0v) is 8.58. The van der Waals surface area contributed by atoms with Crippen LogP contribution in [0.2, 0.25) is 0 Å². The molecule has 0 atom stereocenters. The van der Waals surface area contributed by atoms with E-state index in [0.717, 1.165) is 11.1 Å². The molecule has 1 aromatic heterocycles. The van der Waals surface area contributed by atoms with Crippen LogP contribution in [-0.4, -0.2) is 9.78 Å². The molecule has 0 spiro atoms. The standard InChI is InChI=1S/C11H13FN2/c1-7(2)8-5-4-6-9-10(8)11(12)13-14(9)3/h4-7H,1-3H3. The first-order chi connectivity index (χ1) is 6.61. The molecule has 0 saturated carbocycles. The van der Waals surface area contributed by atoms with Crippen molar-refractivity contribution in [3.05, 3.63) is 29.7 Å². The van der Waals surface area contributed by atoms with E-state index in [1.165, 1.54) is 0 Å². The second-order valence-electron chi connectivity index (χ2n) is 3.81. The van der Waals surface area contributed by atoms with Crippen LogP contribution in [0.4, 0.5) is 4.39 Å². The quantitative estimate of drug-likeness (QED) is 0.679. The Bertz CT molecular complexity index is 471. The maximum Gasteiger partial charge on any atom is 0.240 e. The number of fused-ring (bicyclic) bond motifs is 1. The van der Waals surface area contributed by atoms with Gasteiger partial charge in [0.05, 0.1) is 10.9 Å². The first-order valence-electron chi connectivity index (χ1n) is 4.72. The first-order valence-corrected chi connectivity index (χ1v) is 4.72. The van der Waals surface area contributed by atoms with Crippen molar-refractivity contribution in [2.75, 3.05) is 0 Å². The second-order valence-corrected chi connectivity index (χ2v) is 3.81. The van der Waals surface area contributed by atoms with Crippen LogP contribution in [-0.2, 0) is 7.05 Å². The molecule has 2 aromatic rings. The van der Waals surface area contributed by atoms with E-state index in [9.17, 15) is 4.39 Å². The Balaban J connectivity index is 2.85. The van der Waals surface area contributed by atoms with E-state index in [2.05, 4.69) is 18.9 Å². The van der Waals surface area contributed by atoms with Gasteiger partial charge >= 0.3 is 0 Å². The zero-order valence-electron chi connectivity index (χ0n) is 8.58. The molecule has 0 unspecified atom stereocenters. The van der Waals surface area contributed by atoms with Crippen molar-refractivity contribution in [1.82, 2.24) is 9.78 Å². The minimum atomic E-state index is -0.369. The summed E-state index contributed by atoms with van der Waals surface area (Å²) < 4.78 is 15.1. The van der Waals surface area contributed by atoms with Crippen LogP contribution < -0.4 is 0 Å². The summed E-state index contributed by atoms with van der Waals surface area (Å²) in [6.07, 6.45) is 0. The summed E-state index contributed by atoms with van der Waals surface area (Å²) in [4.78, 5) is 0. The topological polar surface area (TPSA) is 17.8 Å². The van der Waals surface area contributed by atoms with Crippen molar-refractivity contribution in [3.8, 4) is 0 Å². The molecule has 0 fully saturated rings. The van der Waals surface area contributed by atoms with Gasteiger partial charge in [-0.05, 0) is 17.5 Å². The summed E-state index contributed by atoms with van der Waals surface area (Å²) in [5.74, 6) is -0.0517. The number of aryl methyl sites for hydroxylation is 1. The fourth-order valence-corrected chi connectivity index (χ4v) is 1.77. The third-order valence-electron chi connectivity index (χ3n) is 2.49. The summed E-state index contributed by atoms with van der Waals surface area (Å²) >= 11 is 0. The van der Waals surface area contributed by atoms with Gasteiger partial charge in [-0.2, -0.15) is 4.39 Å². The lowest BCUT2D eigenvalue weighted by Gasteiger charge is -2.06. The Morgan fingerprint density at radius 1 is 1.36 bits per heavy atom. The second kappa shape index (κ2) is 3.08. The maximum absolute atomic E-state index is 13.5. The van der Waals surface area contributed by atoms with Gasteiger partial charge in [-0.15, -0.1) is 5.10 Å². The van der Waals surface area contributed by atoms with E-state index >= 15 is 0 Å². The summed E-state index contributed by atoms with van der Waals surface area (Å²) in [5.41, 5.74) is 1.88. The third-order valence-corrected chi connectivity index (χ3v) is 2.49. The number of nitrogens with zero attached hydrogens (tertiary/aromatic N) is 2. The van der Waals surface area contributed by atoms with Crippen LogP contribution in [0.1, 0.15) is 25.3 Å². The van der Waals surface area contributed by atoms with Crippen LogP contribution in [0.5, 0.6) is 0 Å². The third kappa shape index (κ3) is 1.20. The van der Waals surface area contributed by atoms with Crippen molar-refractivity contribution in [2.24, 2.45) is 7.05 Å². The van der Waals surface area contributed by atoms with Crippen LogP contribution in [0, 0.1) is 5.95 Å². The molecule has 74 valence electrons. The molecular weight excluding hydrogens is 179 g/mol. The molecule has 2 rings (SSSR count). The van der Waals surface area contributed by atoms with Crippen molar-refractivity contribution >= 4 is 10.9 Å². The maximum atomic E-state index is 13.5. The van der Waals surface area contributed by atoms with Crippen LogP contribution in [0.15, 0.2) is 18.2 Å². The Kier molecular flexibility index (Phi) is 2.02. The average Bonchev–Trinajstić information content (AvgIpc) is 2.43. The highest BCUT2D eigenvalue weighted by Gasteiger charge is 2.13. The SMILES string of the molecule is CC(C)c1cccc2c1c(F)nn2C. The predicted octanol–water partition coefficient (Wildman–Crippen LogP) is 2.84. The van der Waals surface area contributed by atoms with Crippen molar-refractivity contribution in [1.29, 1.82) is 0 Å². The Hall–Kier alpha value is -1.38. The molecule has 0 aliphatic heterocycles. The van der Waals surface area contributed by atoms with Gasteiger partial charge in [0.25, 0.3) is 0 Å². The molecule has 1 heterocycles. The number of rotatable bonds is 1. The normalized spacial score (nSPS) is 11.5. The van der Waals surface area contributed by atoms with Crippen molar-refractivity contribution in [3.63, 3.8) is 0 Å². The highest BCUT2D eigenvalue weighted by Crippen LogP contribution is 2.26. The van der Waals surface area contributed by atoms with Crippen LogP contribution >= 0.6 is 0 Å². The van der Waals surface area contributed by atoms with E-state index in [-0.39, 0.29) is 5.95 Å². The van der Waals surface area contributed by atoms with Gasteiger partial charge in [-0.25, -0.2) is 0 Å². The molecule has 0 aliphatic rings. The molecule has 0 bridgehead atoms. The number of benzene rings is 1. The monoisotopic (exact) mass is 192 g/mol. The average molecular weight is 192 g/mol. The van der Waals surface area contributed by atoms with Crippen LogP contribution in [0.25, 0.3) is 10.9 Å². The van der Waals surface area contributed by atoms with Gasteiger partial charge in [0, 0.05) is 7.05 Å². The fourth-order valence-electron chi connectivity index (χ4n) is 1.77. The Morgan fingerprint density at radius 3 is 2.71 bits per heavy atom. The van der Waals surface area contributed by atoms with E-state index in [1.54, 1.807) is 11.7 Å². The summed E-state index contributed by atoms with van der Waals surface area (Å²) in [6.45, 7) is 4.11. The zero-order chi connectivity index (χ0) is 10.3. The highest BCUT2D eigenvalue weighted by atomic mass is 19.1. The smallest absolute Gasteiger partial charge is 0.240 e. The number of aromatic nitrogens is 2. The summed E-state index contributed by atoms with van der Waals surface area (Å²) in [7, 11) is 1.76. The van der Waals surface area contributed by atoms with Crippen LogP contribution in [0.3, 0.4) is 0 Å². The molecule has 3 heteroatoms.